The van der Waals surface area contributed by atoms with Gasteiger partial charge in [0, 0.05) is 12.5 Å². The maximum atomic E-state index is 11.4. The molecule has 1 aromatic heterocycles. The van der Waals surface area contributed by atoms with Gasteiger partial charge in [-0.15, -0.1) is 5.10 Å². The van der Waals surface area contributed by atoms with Gasteiger partial charge in [-0.25, -0.2) is 9.67 Å². The average Bonchev–Trinajstić information content (AvgIpc) is 3.16. The molecule has 1 fully saturated rings. The first-order valence-corrected chi connectivity index (χ1v) is 10.5. The maximum absolute atomic E-state index is 11.4. The summed E-state index contributed by atoms with van der Waals surface area (Å²) < 4.78 is 7.12. The molecule has 2 heterocycles. The van der Waals surface area contributed by atoms with E-state index in [1.54, 1.807) is 24.3 Å². The number of esters is 1. The highest BCUT2D eigenvalue weighted by Crippen LogP contribution is 2.28. The van der Waals surface area contributed by atoms with E-state index in [-0.39, 0.29) is 11.7 Å². The van der Waals surface area contributed by atoms with Crippen LogP contribution in [-0.4, -0.2) is 43.8 Å². The third kappa shape index (κ3) is 5.19. The lowest BCUT2D eigenvalue weighted by atomic mass is 10.1. The minimum atomic E-state index is -0.369. The Labute approximate surface area is 181 Å². The molecule has 1 aliphatic heterocycles. The van der Waals surface area contributed by atoms with Crippen molar-refractivity contribution in [2.45, 2.75) is 32.9 Å². The maximum Gasteiger partial charge on any atom is 0.308 e. The van der Waals surface area contributed by atoms with Crippen molar-refractivity contribution in [3.8, 4) is 22.9 Å². The molecule has 0 bridgehead atoms. The molecule has 0 radical (unpaired) electrons. The fraction of sp³-hybridized carbons (Fsp3) is 0.292. The van der Waals surface area contributed by atoms with E-state index in [0.717, 1.165) is 18.7 Å². The Morgan fingerprint density at radius 1 is 1.06 bits per heavy atom. The number of benzene rings is 2. The van der Waals surface area contributed by atoms with Gasteiger partial charge in [-0.3, -0.25) is 9.69 Å². The van der Waals surface area contributed by atoms with Crippen LogP contribution in [0.25, 0.3) is 23.5 Å². The molecule has 7 heteroatoms. The highest BCUT2D eigenvalue weighted by atomic mass is 16.5. The van der Waals surface area contributed by atoms with Gasteiger partial charge in [-0.2, -0.15) is 0 Å². The van der Waals surface area contributed by atoms with Crippen LogP contribution in [0.1, 0.15) is 37.6 Å². The number of phenols is 1. The van der Waals surface area contributed by atoms with Crippen molar-refractivity contribution in [2.75, 3.05) is 13.1 Å². The molecule has 160 valence electrons. The minimum absolute atomic E-state index is 0.172. The topological polar surface area (TPSA) is 80.5 Å². The number of aromatic hydroxyl groups is 1. The van der Waals surface area contributed by atoms with Gasteiger partial charge in [-0.1, -0.05) is 36.8 Å². The second kappa shape index (κ2) is 9.57. The SMILES string of the molecule is CC(=O)Oc1ccccc1/C=C/c1nc(-c2ccccc2O)n(CN2CCCCC2)n1. The smallest absolute Gasteiger partial charge is 0.308 e. The zero-order valence-electron chi connectivity index (χ0n) is 17.6. The van der Waals surface area contributed by atoms with E-state index in [4.69, 9.17) is 4.74 Å². The Kier molecular flexibility index (Phi) is 6.43. The molecule has 1 N–H and O–H groups in total. The van der Waals surface area contributed by atoms with E-state index in [0.29, 0.717) is 29.6 Å². The van der Waals surface area contributed by atoms with Gasteiger partial charge in [0.25, 0.3) is 0 Å². The van der Waals surface area contributed by atoms with Crippen LogP contribution in [-0.2, 0) is 11.5 Å². The van der Waals surface area contributed by atoms with Crippen LogP contribution in [0.3, 0.4) is 0 Å². The lowest BCUT2D eigenvalue weighted by Gasteiger charge is -2.26. The van der Waals surface area contributed by atoms with Crippen molar-refractivity contribution in [1.82, 2.24) is 19.7 Å². The van der Waals surface area contributed by atoms with Crippen LogP contribution in [0.4, 0.5) is 0 Å². The summed E-state index contributed by atoms with van der Waals surface area (Å²) in [4.78, 5) is 18.4. The number of aromatic nitrogens is 3. The first kappa shape index (κ1) is 20.8. The summed E-state index contributed by atoms with van der Waals surface area (Å²) in [5, 5.41) is 15.1. The van der Waals surface area contributed by atoms with Crippen LogP contribution in [0.5, 0.6) is 11.5 Å². The van der Waals surface area contributed by atoms with E-state index in [2.05, 4.69) is 15.0 Å². The number of para-hydroxylation sites is 2. The standard InChI is InChI=1S/C24H26N4O3/c1-18(29)31-22-12-6-3-9-19(22)13-14-23-25-24(20-10-4-5-11-21(20)30)28(26-23)17-27-15-7-2-8-16-27/h3-6,9-14,30H,2,7-8,15-17H2,1H3/b14-13+. The van der Waals surface area contributed by atoms with Crippen molar-refractivity contribution in [3.63, 3.8) is 0 Å². The van der Waals surface area contributed by atoms with Gasteiger partial charge in [0.1, 0.15) is 11.5 Å². The molecular formula is C24H26N4O3. The zero-order chi connectivity index (χ0) is 21.6. The molecular weight excluding hydrogens is 392 g/mol. The molecule has 0 aliphatic carbocycles. The number of ether oxygens (including phenoxy) is 1. The van der Waals surface area contributed by atoms with E-state index >= 15 is 0 Å². The van der Waals surface area contributed by atoms with Crippen LogP contribution < -0.4 is 4.74 Å². The minimum Gasteiger partial charge on any atom is -0.507 e. The molecule has 4 rings (SSSR count). The summed E-state index contributed by atoms with van der Waals surface area (Å²) in [6.45, 7) is 4.06. The Morgan fingerprint density at radius 3 is 2.58 bits per heavy atom. The Hall–Kier alpha value is -3.45. The van der Waals surface area contributed by atoms with Crippen molar-refractivity contribution < 1.29 is 14.6 Å². The highest BCUT2D eigenvalue weighted by molar-refractivity contribution is 5.75. The van der Waals surface area contributed by atoms with E-state index in [9.17, 15) is 9.90 Å². The predicted octanol–water partition coefficient (Wildman–Crippen LogP) is 4.19. The van der Waals surface area contributed by atoms with Gasteiger partial charge in [0.05, 0.1) is 12.2 Å². The lowest BCUT2D eigenvalue weighted by molar-refractivity contribution is -0.131. The van der Waals surface area contributed by atoms with E-state index in [1.807, 2.05) is 41.1 Å². The normalized spacial score (nSPS) is 14.7. The predicted molar refractivity (Wildman–Crippen MR) is 119 cm³/mol. The third-order valence-corrected chi connectivity index (χ3v) is 5.20. The molecule has 0 spiro atoms. The summed E-state index contributed by atoms with van der Waals surface area (Å²) in [7, 11) is 0. The monoisotopic (exact) mass is 418 g/mol. The first-order valence-electron chi connectivity index (χ1n) is 10.5. The molecule has 0 saturated carbocycles. The second-order valence-corrected chi connectivity index (χ2v) is 7.60. The zero-order valence-corrected chi connectivity index (χ0v) is 17.6. The number of rotatable bonds is 6. The number of piperidine rings is 1. The molecule has 31 heavy (non-hydrogen) atoms. The number of hydrogen-bond acceptors (Lipinski definition) is 6. The number of likely N-dealkylation sites (tertiary alicyclic amines) is 1. The quantitative estimate of drug-likeness (QED) is 0.478. The summed E-state index contributed by atoms with van der Waals surface area (Å²) in [5.74, 6) is 1.43. The van der Waals surface area contributed by atoms with Gasteiger partial charge < -0.3 is 9.84 Å². The Bertz CT molecular complexity index is 1080. The molecule has 7 nitrogen and oxygen atoms in total. The molecule has 2 aromatic carbocycles. The van der Waals surface area contributed by atoms with Crippen LogP contribution >= 0.6 is 0 Å². The number of carbonyl (C=O) groups excluding carboxylic acids is 1. The Morgan fingerprint density at radius 2 is 1.81 bits per heavy atom. The number of hydrogen-bond donors (Lipinski definition) is 1. The first-order chi connectivity index (χ1) is 15.1. The van der Waals surface area contributed by atoms with E-state index < -0.39 is 0 Å². The number of nitrogens with zero attached hydrogens (tertiary/aromatic N) is 4. The fourth-order valence-electron chi connectivity index (χ4n) is 3.71. The summed E-state index contributed by atoms with van der Waals surface area (Å²) >= 11 is 0. The van der Waals surface area contributed by atoms with Crippen molar-refractivity contribution in [3.05, 3.63) is 59.9 Å². The largest absolute Gasteiger partial charge is 0.507 e. The number of phenolic OH excluding ortho intramolecular Hbond substituents is 1. The average molecular weight is 418 g/mol. The second-order valence-electron chi connectivity index (χ2n) is 7.60. The van der Waals surface area contributed by atoms with Crippen LogP contribution in [0.15, 0.2) is 48.5 Å². The molecule has 1 aliphatic rings. The summed E-state index contributed by atoms with van der Waals surface area (Å²) in [6.07, 6.45) is 7.24. The molecule has 0 amide bonds. The molecule has 3 aromatic rings. The molecule has 1 saturated heterocycles. The van der Waals surface area contributed by atoms with Gasteiger partial charge in [-0.05, 0) is 56.3 Å². The van der Waals surface area contributed by atoms with Crippen molar-refractivity contribution in [2.24, 2.45) is 0 Å². The van der Waals surface area contributed by atoms with Gasteiger partial charge >= 0.3 is 5.97 Å². The lowest BCUT2D eigenvalue weighted by Crippen LogP contribution is -2.32. The Balaban J connectivity index is 1.66. The van der Waals surface area contributed by atoms with Gasteiger partial charge in [0.15, 0.2) is 11.6 Å². The highest BCUT2D eigenvalue weighted by Gasteiger charge is 2.18. The fourth-order valence-corrected chi connectivity index (χ4v) is 3.71. The van der Waals surface area contributed by atoms with Crippen LogP contribution in [0, 0.1) is 0 Å². The molecule has 0 atom stereocenters. The van der Waals surface area contributed by atoms with Crippen LogP contribution in [0.2, 0.25) is 0 Å². The van der Waals surface area contributed by atoms with Crippen molar-refractivity contribution in [1.29, 1.82) is 0 Å². The summed E-state index contributed by atoms with van der Waals surface area (Å²) in [5.41, 5.74) is 1.40. The molecule has 0 unspecified atom stereocenters. The summed E-state index contributed by atoms with van der Waals surface area (Å²) in [6, 6.07) is 14.5. The number of carbonyl (C=O) groups is 1. The van der Waals surface area contributed by atoms with Gasteiger partial charge in [0.2, 0.25) is 0 Å². The van der Waals surface area contributed by atoms with Crippen molar-refractivity contribution >= 4 is 18.1 Å². The van der Waals surface area contributed by atoms with E-state index in [1.165, 1.54) is 26.2 Å². The third-order valence-electron chi connectivity index (χ3n) is 5.20.